The molecule has 1 aliphatic heterocycles. The molecular formula is C12H15N3O3. The van der Waals surface area contributed by atoms with Crippen molar-refractivity contribution in [2.45, 2.75) is 19.9 Å². The number of ether oxygens (including phenoxy) is 1. The molecule has 0 fully saturated rings. The molecule has 0 bridgehead atoms. The van der Waals surface area contributed by atoms with E-state index in [9.17, 15) is 9.59 Å². The van der Waals surface area contributed by atoms with Gasteiger partial charge in [-0.25, -0.2) is 9.59 Å². The molecule has 1 atom stereocenters. The molecule has 0 spiro atoms. The van der Waals surface area contributed by atoms with Crippen LogP contribution in [0.4, 0.5) is 4.79 Å². The number of hydrogen-bond donors (Lipinski definition) is 3. The molecule has 18 heavy (non-hydrogen) atoms. The number of esters is 1. The number of allylic oxidation sites excluding steroid dienone is 1. The highest BCUT2D eigenvalue weighted by Crippen LogP contribution is 2.26. The molecule has 6 nitrogen and oxygen atoms in total. The normalized spacial score (nSPS) is 19.2. The Bertz CT molecular complexity index is 491. The molecule has 0 aliphatic carbocycles. The van der Waals surface area contributed by atoms with Crippen LogP contribution in [0.3, 0.4) is 0 Å². The number of amides is 2. The fourth-order valence-electron chi connectivity index (χ4n) is 1.93. The lowest BCUT2D eigenvalue weighted by molar-refractivity contribution is -0.139. The predicted octanol–water partition coefficient (Wildman–Crippen LogP) is 1.21. The van der Waals surface area contributed by atoms with Crippen LogP contribution < -0.4 is 10.6 Å². The average Bonchev–Trinajstić information content (AvgIpc) is 2.81. The molecular weight excluding hydrogens is 234 g/mol. The summed E-state index contributed by atoms with van der Waals surface area (Å²) in [5.74, 6) is -0.429. The number of carbonyl (C=O) groups is 2. The molecule has 2 amide bonds. The van der Waals surface area contributed by atoms with Gasteiger partial charge in [0.15, 0.2) is 0 Å². The molecule has 1 aromatic heterocycles. The standard InChI is InChI=1S/C12H15N3O3/c1-3-18-11(16)9-7(2)14-12(17)15-10(9)8-5-4-6-13-8/h4-6,10,13H,3H2,1-2H3,(H2,14,15,17). The molecule has 96 valence electrons. The Morgan fingerprint density at radius 3 is 2.89 bits per heavy atom. The van der Waals surface area contributed by atoms with E-state index in [4.69, 9.17) is 4.74 Å². The highest BCUT2D eigenvalue weighted by Gasteiger charge is 2.32. The van der Waals surface area contributed by atoms with Crippen LogP contribution in [0.25, 0.3) is 0 Å². The van der Waals surface area contributed by atoms with E-state index in [0.29, 0.717) is 17.9 Å². The lowest BCUT2D eigenvalue weighted by Crippen LogP contribution is -2.45. The first-order valence-corrected chi connectivity index (χ1v) is 5.72. The zero-order valence-electron chi connectivity index (χ0n) is 10.2. The van der Waals surface area contributed by atoms with Gasteiger partial charge in [0.1, 0.15) is 6.04 Å². The van der Waals surface area contributed by atoms with Gasteiger partial charge in [-0.05, 0) is 26.0 Å². The second kappa shape index (κ2) is 4.95. The largest absolute Gasteiger partial charge is 0.463 e. The van der Waals surface area contributed by atoms with Crippen LogP contribution in [0, 0.1) is 0 Å². The van der Waals surface area contributed by atoms with Gasteiger partial charge in [-0.2, -0.15) is 0 Å². The highest BCUT2D eigenvalue weighted by atomic mass is 16.5. The van der Waals surface area contributed by atoms with Crippen molar-refractivity contribution in [3.05, 3.63) is 35.3 Å². The van der Waals surface area contributed by atoms with Gasteiger partial charge < -0.3 is 20.4 Å². The van der Waals surface area contributed by atoms with Crippen molar-refractivity contribution < 1.29 is 14.3 Å². The van der Waals surface area contributed by atoms with Crippen molar-refractivity contribution in [3.63, 3.8) is 0 Å². The quantitative estimate of drug-likeness (QED) is 0.704. The van der Waals surface area contributed by atoms with Crippen molar-refractivity contribution in [2.75, 3.05) is 6.61 Å². The van der Waals surface area contributed by atoms with Crippen molar-refractivity contribution in [1.82, 2.24) is 15.6 Å². The van der Waals surface area contributed by atoms with E-state index in [1.54, 1.807) is 20.0 Å². The summed E-state index contributed by atoms with van der Waals surface area (Å²) >= 11 is 0. The zero-order valence-corrected chi connectivity index (χ0v) is 10.2. The van der Waals surface area contributed by atoms with E-state index in [2.05, 4.69) is 15.6 Å². The first-order valence-electron chi connectivity index (χ1n) is 5.72. The van der Waals surface area contributed by atoms with Gasteiger partial charge in [0.2, 0.25) is 0 Å². The Morgan fingerprint density at radius 1 is 1.50 bits per heavy atom. The minimum atomic E-state index is -0.507. The van der Waals surface area contributed by atoms with E-state index in [1.807, 2.05) is 12.1 Å². The minimum Gasteiger partial charge on any atom is -0.463 e. The molecule has 0 aromatic carbocycles. The minimum absolute atomic E-state index is 0.293. The summed E-state index contributed by atoms with van der Waals surface area (Å²) in [7, 11) is 0. The second-order valence-electron chi connectivity index (χ2n) is 3.92. The third-order valence-corrected chi connectivity index (χ3v) is 2.70. The van der Waals surface area contributed by atoms with Crippen molar-refractivity contribution >= 4 is 12.0 Å². The van der Waals surface area contributed by atoms with E-state index in [1.165, 1.54) is 0 Å². The number of aromatic nitrogens is 1. The van der Waals surface area contributed by atoms with E-state index in [-0.39, 0.29) is 6.03 Å². The topological polar surface area (TPSA) is 83.2 Å². The van der Waals surface area contributed by atoms with Crippen LogP contribution >= 0.6 is 0 Å². The summed E-state index contributed by atoms with van der Waals surface area (Å²) in [6.07, 6.45) is 1.74. The molecule has 0 saturated carbocycles. The fraction of sp³-hybridized carbons (Fsp3) is 0.333. The first kappa shape index (κ1) is 12.2. The molecule has 1 aromatic rings. The van der Waals surface area contributed by atoms with E-state index >= 15 is 0 Å². The average molecular weight is 249 g/mol. The molecule has 2 heterocycles. The molecule has 1 aliphatic rings. The van der Waals surface area contributed by atoms with Gasteiger partial charge in [-0.1, -0.05) is 0 Å². The molecule has 3 N–H and O–H groups in total. The SMILES string of the molecule is CCOC(=O)C1=C(C)NC(=O)NC1c1ccc[nH]1. The molecule has 2 rings (SSSR count). The Balaban J connectivity index is 2.38. The number of nitrogens with one attached hydrogen (secondary N) is 3. The smallest absolute Gasteiger partial charge is 0.338 e. The maximum absolute atomic E-state index is 11.9. The van der Waals surface area contributed by atoms with Gasteiger partial charge in [0.05, 0.1) is 12.2 Å². The Kier molecular flexibility index (Phi) is 3.36. The van der Waals surface area contributed by atoms with E-state index in [0.717, 1.165) is 5.69 Å². The fourth-order valence-corrected chi connectivity index (χ4v) is 1.93. The van der Waals surface area contributed by atoms with E-state index < -0.39 is 12.0 Å². The van der Waals surface area contributed by atoms with Gasteiger partial charge in [0.25, 0.3) is 0 Å². The molecule has 1 unspecified atom stereocenters. The van der Waals surface area contributed by atoms with Crippen molar-refractivity contribution in [1.29, 1.82) is 0 Å². The number of carbonyl (C=O) groups excluding carboxylic acids is 2. The van der Waals surface area contributed by atoms with Crippen molar-refractivity contribution in [2.24, 2.45) is 0 Å². The third-order valence-electron chi connectivity index (χ3n) is 2.70. The Hall–Kier alpha value is -2.24. The van der Waals surface area contributed by atoms with Crippen LogP contribution in [0.2, 0.25) is 0 Å². The Morgan fingerprint density at radius 2 is 2.28 bits per heavy atom. The summed E-state index contributed by atoms with van der Waals surface area (Å²) in [6, 6.07) is 2.78. The van der Waals surface area contributed by atoms with Crippen LogP contribution in [0.15, 0.2) is 29.6 Å². The monoisotopic (exact) mass is 249 g/mol. The second-order valence-corrected chi connectivity index (χ2v) is 3.92. The number of urea groups is 1. The predicted molar refractivity (Wildman–Crippen MR) is 64.5 cm³/mol. The zero-order chi connectivity index (χ0) is 13.1. The maximum Gasteiger partial charge on any atom is 0.338 e. The van der Waals surface area contributed by atoms with Crippen LogP contribution in [0.1, 0.15) is 25.6 Å². The van der Waals surface area contributed by atoms with Crippen LogP contribution in [0.5, 0.6) is 0 Å². The number of H-pyrrole nitrogens is 1. The summed E-state index contributed by atoms with van der Waals surface area (Å²) < 4.78 is 5.01. The van der Waals surface area contributed by atoms with Gasteiger partial charge in [0, 0.05) is 17.6 Å². The van der Waals surface area contributed by atoms with Crippen LogP contribution in [-0.4, -0.2) is 23.6 Å². The number of rotatable bonds is 3. The third kappa shape index (κ3) is 2.22. The maximum atomic E-state index is 11.9. The Labute approximate surface area is 104 Å². The first-order chi connectivity index (χ1) is 8.63. The summed E-state index contributed by atoms with van der Waals surface area (Å²) in [5.41, 5.74) is 1.67. The summed E-state index contributed by atoms with van der Waals surface area (Å²) in [6.45, 7) is 3.72. The van der Waals surface area contributed by atoms with Crippen LogP contribution in [-0.2, 0) is 9.53 Å². The summed E-state index contributed by atoms with van der Waals surface area (Å²) in [5, 5.41) is 5.27. The number of hydrogen-bond acceptors (Lipinski definition) is 3. The van der Waals surface area contributed by atoms with Gasteiger partial charge in [-0.15, -0.1) is 0 Å². The van der Waals surface area contributed by atoms with Crippen molar-refractivity contribution in [3.8, 4) is 0 Å². The number of aromatic amines is 1. The lowest BCUT2D eigenvalue weighted by Gasteiger charge is -2.27. The molecule has 6 heteroatoms. The molecule has 0 saturated heterocycles. The van der Waals surface area contributed by atoms with Gasteiger partial charge >= 0.3 is 12.0 Å². The molecule has 0 radical (unpaired) electrons. The summed E-state index contributed by atoms with van der Waals surface area (Å²) in [4.78, 5) is 26.4. The lowest BCUT2D eigenvalue weighted by atomic mass is 10.0. The highest BCUT2D eigenvalue weighted by molar-refractivity contribution is 5.94. The van der Waals surface area contributed by atoms with Gasteiger partial charge in [-0.3, -0.25) is 0 Å².